The van der Waals surface area contributed by atoms with Gasteiger partial charge in [-0.15, -0.1) is 0 Å². The molecule has 0 aliphatic heterocycles. The summed E-state index contributed by atoms with van der Waals surface area (Å²) in [7, 11) is 0. The largest absolute Gasteiger partial charge is 0.481 e. The average molecular weight is 191 g/mol. The summed E-state index contributed by atoms with van der Waals surface area (Å²) in [6.07, 6.45) is 3.92. The summed E-state index contributed by atoms with van der Waals surface area (Å²) in [5.74, 6) is -0.732. The Morgan fingerprint density at radius 3 is 2.71 bits per heavy atom. The number of nitrogens with zero attached hydrogens (tertiary/aromatic N) is 1. The number of carboxylic acid groups (broad SMARTS) is 1. The highest BCUT2D eigenvalue weighted by molar-refractivity contribution is 5.69. The predicted molar refractivity (Wildman–Crippen MR) is 52.1 cm³/mol. The fourth-order valence-corrected chi connectivity index (χ4v) is 1.75. The molecule has 1 aromatic heterocycles. The minimum atomic E-state index is -0.732. The molecule has 1 fully saturated rings. The Morgan fingerprint density at radius 2 is 2.29 bits per heavy atom. The molecule has 1 aliphatic carbocycles. The maximum atomic E-state index is 10.7. The maximum absolute atomic E-state index is 10.7. The normalized spacial score (nSPS) is 17.8. The Kier molecular flexibility index (Phi) is 2.02. The van der Waals surface area contributed by atoms with E-state index >= 15 is 0 Å². The summed E-state index contributed by atoms with van der Waals surface area (Å²) in [6.45, 7) is 1.98. The van der Waals surface area contributed by atoms with E-state index < -0.39 is 5.97 Å². The first-order chi connectivity index (χ1) is 6.62. The third-order valence-corrected chi connectivity index (χ3v) is 2.80. The van der Waals surface area contributed by atoms with E-state index in [4.69, 9.17) is 5.11 Å². The molecule has 3 nitrogen and oxygen atoms in total. The predicted octanol–water partition coefficient (Wildman–Crippen LogP) is 1.90. The molecule has 1 aliphatic rings. The van der Waals surface area contributed by atoms with Gasteiger partial charge in [-0.3, -0.25) is 9.78 Å². The Balaban J connectivity index is 2.22. The van der Waals surface area contributed by atoms with E-state index in [2.05, 4.69) is 4.98 Å². The molecule has 0 unspecified atom stereocenters. The van der Waals surface area contributed by atoms with Gasteiger partial charge in [0, 0.05) is 17.3 Å². The summed E-state index contributed by atoms with van der Waals surface area (Å²) in [6, 6.07) is 3.94. The van der Waals surface area contributed by atoms with Crippen LogP contribution in [0, 0.1) is 6.92 Å². The molecular formula is C11H13NO2. The van der Waals surface area contributed by atoms with Crippen molar-refractivity contribution in [1.82, 2.24) is 4.98 Å². The second-order valence-electron chi connectivity index (χ2n) is 4.07. The van der Waals surface area contributed by atoms with Gasteiger partial charge in [-0.25, -0.2) is 0 Å². The molecule has 1 saturated carbocycles. The zero-order chi connectivity index (χ0) is 10.2. The third kappa shape index (κ3) is 1.62. The molecule has 3 heteroatoms. The Bertz CT molecular complexity index is 352. The van der Waals surface area contributed by atoms with Crippen molar-refractivity contribution in [3.8, 4) is 0 Å². The molecule has 0 radical (unpaired) electrons. The van der Waals surface area contributed by atoms with E-state index in [1.807, 2.05) is 19.1 Å². The molecule has 1 heterocycles. The van der Waals surface area contributed by atoms with Crippen molar-refractivity contribution in [3.05, 3.63) is 29.6 Å². The van der Waals surface area contributed by atoms with Gasteiger partial charge in [0.1, 0.15) is 0 Å². The van der Waals surface area contributed by atoms with Crippen LogP contribution < -0.4 is 0 Å². The summed E-state index contributed by atoms with van der Waals surface area (Å²) >= 11 is 0. The number of rotatable bonds is 3. The van der Waals surface area contributed by atoms with Crippen molar-refractivity contribution in [1.29, 1.82) is 0 Å². The molecule has 1 aromatic rings. The molecule has 0 spiro atoms. The molecular weight excluding hydrogens is 178 g/mol. The number of carbonyl (C=O) groups is 1. The molecule has 74 valence electrons. The monoisotopic (exact) mass is 191 g/mol. The van der Waals surface area contributed by atoms with E-state index in [1.165, 1.54) is 0 Å². The number of aromatic nitrogens is 1. The van der Waals surface area contributed by atoms with Crippen molar-refractivity contribution >= 4 is 5.97 Å². The van der Waals surface area contributed by atoms with Crippen molar-refractivity contribution in [2.24, 2.45) is 0 Å². The molecule has 0 amide bonds. The average Bonchev–Trinajstić information content (AvgIpc) is 2.85. The fourth-order valence-electron chi connectivity index (χ4n) is 1.75. The zero-order valence-corrected chi connectivity index (χ0v) is 8.16. The van der Waals surface area contributed by atoms with Crippen LogP contribution in [0.1, 0.15) is 30.5 Å². The Hall–Kier alpha value is -1.38. The smallest absolute Gasteiger partial charge is 0.304 e. The van der Waals surface area contributed by atoms with Crippen molar-refractivity contribution in [3.63, 3.8) is 0 Å². The quantitative estimate of drug-likeness (QED) is 0.793. The van der Waals surface area contributed by atoms with Gasteiger partial charge in [0.05, 0.1) is 6.42 Å². The SMILES string of the molecule is Cc1ccc(C2(CC(=O)O)CC2)nc1. The number of hydrogen-bond acceptors (Lipinski definition) is 2. The van der Waals surface area contributed by atoms with E-state index in [0.29, 0.717) is 0 Å². The lowest BCUT2D eigenvalue weighted by molar-refractivity contribution is -0.137. The maximum Gasteiger partial charge on any atom is 0.304 e. The minimum Gasteiger partial charge on any atom is -0.481 e. The van der Waals surface area contributed by atoms with Crippen LogP contribution in [0.2, 0.25) is 0 Å². The molecule has 0 aromatic carbocycles. The molecule has 0 bridgehead atoms. The van der Waals surface area contributed by atoms with Gasteiger partial charge in [-0.05, 0) is 31.4 Å². The van der Waals surface area contributed by atoms with E-state index in [-0.39, 0.29) is 11.8 Å². The lowest BCUT2D eigenvalue weighted by atomic mass is 9.97. The van der Waals surface area contributed by atoms with Gasteiger partial charge in [0.25, 0.3) is 0 Å². The summed E-state index contributed by atoms with van der Waals surface area (Å²) < 4.78 is 0. The van der Waals surface area contributed by atoms with Gasteiger partial charge >= 0.3 is 5.97 Å². The van der Waals surface area contributed by atoms with Crippen molar-refractivity contribution < 1.29 is 9.90 Å². The molecule has 0 saturated heterocycles. The number of aryl methyl sites for hydroxylation is 1. The minimum absolute atomic E-state index is 0.153. The first-order valence-corrected chi connectivity index (χ1v) is 4.77. The van der Waals surface area contributed by atoms with Crippen LogP contribution >= 0.6 is 0 Å². The van der Waals surface area contributed by atoms with Gasteiger partial charge in [0.15, 0.2) is 0 Å². The highest BCUT2D eigenvalue weighted by Gasteiger charge is 2.47. The zero-order valence-electron chi connectivity index (χ0n) is 8.16. The number of hydrogen-bond donors (Lipinski definition) is 1. The second kappa shape index (κ2) is 3.08. The topological polar surface area (TPSA) is 50.2 Å². The highest BCUT2D eigenvalue weighted by Crippen LogP contribution is 2.50. The second-order valence-corrected chi connectivity index (χ2v) is 4.07. The summed E-state index contributed by atoms with van der Waals surface area (Å²) in [5, 5.41) is 8.78. The van der Waals surface area contributed by atoms with Crippen LogP contribution in [0.15, 0.2) is 18.3 Å². The summed E-state index contributed by atoms with van der Waals surface area (Å²) in [5.41, 5.74) is 1.89. The van der Waals surface area contributed by atoms with Crippen LogP contribution in [-0.4, -0.2) is 16.1 Å². The van der Waals surface area contributed by atoms with E-state index in [0.717, 1.165) is 24.1 Å². The van der Waals surface area contributed by atoms with Gasteiger partial charge < -0.3 is 5.11 Å². The van der Waals surface area contributed by atoms with Gasteiger partial charge in [-0.2, -0.15) is 0 Å². The number of carboxylic acids is 1. The van der Waals surface area contributed by atoms with Crippen molar-refractivity contribution in [2.75, 3.05) is 0 Å². The summed E-state index contributed by atoms with van der Waals surface area (Å²) in [4.78, 5) is 15.0. The lowest BCUT2D eigenvalue weighted by Gasteiger charge is -2.11. The first kappa shape index (κ1) is 9.19. The van der Waals surface area contributed by atoms with Crippen LogP contribution in [0.5, 0.6) is 0 Å². The first-order valence-electron chi connectivity index (χ1n) is 4.77. The Labute approximate surface area is 82.8 Å². The van der Waals surface area contributed by atoms with Crippen LogP contribution in [-0.2, 0) is 10.2 Å². The third-order valence-electron chi connectivity index (χ3n) is 2.80. The van der Waals surface area contributed by atoms with E-state index in [1.54, 1.807) is 6.20 Å². The molecule has 0 atom stereocenters. The number of pyridine rings is 1. The van der Waals surface area contributed by atoms with Gasteiger partial charge in [-0.1, -0.05) is 6.07 Å². The highest BCUT2D eigenvalue weighted by atomic mass is 16.4. The fraction of sp³-hybridized carbons (Fsp3) is 0.455. The Morgan fingerprint density at radius 1 is 1.57 bits per heavy atom. The van der Waals surface area contributed by atoms with Crippen molar-refractivity contribution in [2.45, 2.75) is 31.6 Å². The van der Waals surface area contributed by atoms with Crippen LogP contribution in [0.3, 0.4) is 0 Å². The van der Waals surface area contributed by atoms with E-state index in [9.17, 15) is 4.79 Å². The lowest BCUT2D eigenvalue weighted by Crippen LogP contribution is -2.14. The standard InChI is InChI=1S/C11H13NO2/c1-8-2-3-9(12-7-8)11(4-5-11)6-10(13)14/h2-3,7H,4-6H2,1H3,(H,13,14). The molecule has 14 heavy (non-hydrogen) atoms. The number of aliphatic carboxylic acids is 1. The molecule has 1 N–H and O–H groups in total. The van der Waals surface area contributed by atoms with Crippen LogP contribution in [0.4, 0.5) is 0 Å². The van der Waals surface area contributed by atoms with Crippen LogP contribution in [0.25, 0.3) is 0 Å². The van der Waals surface area contributed by atoms with Gasteiger partial charge in [0.2, 0.25) is 0 Å². The molecule has 2 rings (SSSR count).